The molecule has 0 aliphatic rings. The maximum atomic E-state index is 12.8. The van der Waals surface area contributed by atoms with Gasteiger partial charge in [-0.3, -0.25) is 4.79 Å². The lowest BCUT2D eigenvalue weighted by Gasteiger charge is -2.11. The molecule has 2 aromatic carbocycles. The Balaban J connectivity index is 1.70. The second-order valence-electron chi connectivity index (χ2n) is 7.09. The van der Waals surface area contributed by atoms with E-state index in [-0.39, 0.29) is 12.3 Å². The summed E-state index contributed by atoms with van der Waals surface area (Å²) in [6.07, 6.45) is -2.52. The van der Waals surface area contributed by atoms with Gasteiger partial charge in [0.25, 0.3) is 0 Å². The Morgan fingerprint density at radius 3 is 2.53 bits per heavy atom. The maximum Gasteiger partial charge on any atom is 0.416 e. The number of aromatic nitrogens is 2. The van der Waals surface area contributed by atoms with E-state index >= 15 is 0 Å². The van der Waals surface area contributed by atoms with Crippen molar-refractivity contribution in [2.75, 3.05) is 5.75 Å². The highest BCUT2D eigenvalue weighted by molar-refractivity contribution is 7.99. The van der Waals surface area contributed by atoms with Gasteiger partial charge < -0.3 is 5.11 Å². The molecular weight excluding hydrogens is 413 g/mol. The molecule has 1 N–H and O–H groups in total. The summed E-state index contributed by atoms with van der Waals surface area (Å²) >= 11 is 1.63. The molecule has 4 nitrogen and oxygen atoms in total. The van der Waals surface area contributed by atoms with Crippen LogP contribution in [0.5, 0.6) is 0 Å². The number of nitrogens with zero attached hydrogens (tertiary/aromatic N) is 2. The summed E-state index contributed by atoms with van der Waals surface area (Å²) in [6.45, 7) is 3.94. The Hall–Kier alpha value is -2.74. The van der Waals surface area contributed by atoms with Gasteiger partial charge in [-0.1, -0.05) is 19.1 Å². The number of halogens is 3. The van der Waals surface area contributed by atoms with Crippen LogP contribution in [0, 0.1) is 6.92 Å². The number of aliphatic carboxylic acids is 1. The molecular formula is C22H21F3N2O2S. The third kappa shape index (κ3) is 5.44. The van der Waals surface area contributed by atoms with Gasteiger partial charge in [-0.2, -0.15) is 18.3 Å². The van der Waals surface area contributed by atoms with Crippen LogP contribution in [0.3, 0.4) is 0 Å². The standard InChI is InChI=1S/C22H21F3N2O2S/c1-14(13-30-19-5-3-4-16(10-19)11-21(28)29)20-12-27(26-15(20)2)18-8-6-17(7-9-18)22(23,24)25/h3-10,12,14H,11,13H2,1-2H3,(H,28,29). The summed E-state index contributed by atoms with van der Waals surface area (Å²) in [6, 6.07) is 12.4. The number of aryl methyl sites for hydroxylation is 1. The van der Waals surface area contributed by atoms with Crippen LogP contribution in [0.25, 0.3) is 5.69 Å². The third-order valence-electron chi connectivity index (χ3n) is 4.68. The van der Waals surface area contributed by atoms with Crippen molar-refractivity contribution in [2.24, 2.45) is 0 Å². The van der Waals surface area contributed by atoms with Gasteiger partial charge in [0.15, 0.2) is 0 Å². The Labute approximate surface area is 176 Å². The minimum atomic E-state index is -4.36. The lowest BCUT2D eigenvalue weighted by atomic mass is 10.1. The largest absolute Gasteiger partial charge is 0.481 e. The van der Waals surface area contributed by atoms with E-state index in [2.05, 4.69) is 12.0 Å². The van der Waals surface area contributed by atoms with Crippen LogP contribution in [-0.4, -0.2) is 26.6 Å². The van der Waals surface area contributed by atoms with Crippen molar-refractivity contribution in [3.8, 4) is 5.69 Å². The van der Waals surface area contributed by atoms with Crippen LogP contribution in [0.1, 0.15) is 35.2 Å². The van der Waals surface area contributed by atoms with Crippen molar-refractivity contribution in [3.05, 3.63) is 77.1 Å². The average molecular weight is 434 g/mol. The Kier molecular flexibility index (Phi) is 6.55. The van der Waals surface area contributed by atoms with E-state index in [1.54, 1.807) is 22.5 Å². The predicted molar refractivity (Wildman–Crippen MR) is 110 cm³/mol. The highest BCUT2D eigenvalue weighted by atomic mass is 32.2. The summed E-state index contributed by atoms with van der Waals surface area (Å²) in [5.41, 5.74) is 2.47. The average Bonchev–Trinajstić information content (AvgIpc) is 3.07. The number of rotatable bonds is 7. The second-order valence-corrected chi connectivity index (χ2v) is 8.18. The fourth-order valence-electron chi connectivity index (χ4n) is 3.12. The van der Waals surface area contributed by atoms with Gasteiger partial charge in [0.05, 0.1) is 23.4 Å². The van der Waals surface area contributed by atoms with E-state index in [0.717, 1.165) is 39.6 Å². The van der Waals surface area contributed by atoms with Crippen LogP contribution < -0.4 is 0 Å². The molecule has 0 saturated carbocycles. The first-order valence-corrected chi connectivity index (χ1v) is 10.3. The Bertz CT molecular complexity index is 1030. The number of carboxylic acid groups (broad SMARTS) is 1. The summed E-state index contributed by atoms with van der Waals surface area (Å²) in [5.74, 6) is 0.0499. The SMILES string of the molecule is Cc1nn(-c2ccc(C(F)(F)F)cc2)cc1C(C)CSc1cccc(CC(=O)O)c1. The van der Waals surface area contributed by atoms with Gasteiger partial charge in [-0.15, -0.1) is 11.8 Å². The number of carboxylic acids is 1. The molecule has 1 unspecified atom stereocenters. The van der Waals surface area contributed by atoms with Crippen LogP contribution in [0.2, 0.25) is 0 Å². The van der Waals surface area contributed by atoms with Crippen molar-refractivity contribution in [1.29, 1.82) is 0 Å². The molecule has 0 aliphatic carbocycles. The fraction of sp³-hybridized carbons (Fsp3) is 0.273. The van der Waals surface area contributed by atoms with E-state index in [0.29, 0.717) is 5.69 Å². The number of carbonyl (C=O) groups is 1. The summed E-state index contributed by atoms with van der Waals surface area (Å²) in [7, 11) is 0. The molecule has 0 aliphatic heterocycles. The summed E-state index contributed by atoms with van der Waals surface area (Å²) in [4.78, 5) is 11.9. The van der Waals surface area contributed by atoms with Crippen LogP contribution >= 0.6 is 11.8 Å². The van der Waals surface area contributed by atoms with E-state index in [1.165, 1.54) is 12.1 Å². The zero-order chi connectivity index (χ0) is 21.9. The second kappa shape index (κ2) is 8.95. The van der Waals surface area contributed by atoms with Crippen LogP contribution in [-0.2, 0) is 17.4 Å². The highest BCUT2D eigenvalue weighted by Crippen LogP contribution is 2.31. The lowest BCUT2D eigenvalue weighted by Crippen LogP contribution is -2.05. The van der Waals surface area contributed by atoms with E-state index < -0.39 is 17.7 Å². The van der Waals surface area contributed by atoms with E-state index in [9.17, 15) is 18.0 Å². The van der Waals surface area contributed by atoms with E-state index in [4.69, 9.17) is 5.11 Å². The van der Waals surface area contributed by atoms with Crippen molar-refractivity contribution in [3.63, 3.8) is 0 Å². The number of hydrogen-bond donors (Lipinski definition) is 1. The fourth-order valence-corrected chi connectivity index (χ4v) is 4.15. The van der Waals surface area contributed by atoms with Crippen LogP contribution in [0.15, 0.2) is 59.6 Å². The molecule has 8 heteroatoms. The van der Waals surface area contributed by atoms with Gasteiger partial charge in [0.2, 0.25) is 0 Å². The first-order chi connectivity index (χ1) is 14.1. The van der Waals surface area contributed by atoms with Crippen molar-refractivity contribution < 1.29 is 23.1 Å². The molecule has 30 heavy (non-hydrogen) atoms. The third-order valence-corrected chi connectivity index (χ3v) is 5.93. The number of benzene rings is 2. The molecule has 0 bridgehead atoms. The molecule has 3 rings (SSSR count). The minimum Gasteiger partial charge on any atom is -0.481 e. The van der Waals surface area contributed by atoms with Gasteiger partial charge in [-0.25, -0.2) is 4.68 Å². The molecule has 158 valence electrons. The highest BCUT2D eigenvalue weighted by Gasteiger charge is 2.30. The maximum absolute atomic E-state index is 12.8. The van der Waals surface area contributed by atoms with Crippen LogP contribution in [0.4, 0.5) is 13.2 Å². The first-order valence-electron chi connectivity index (χ1n) is 9.31. The monoisotopic (exact) mass is 434 g/mol. The zero-order valence-electron chi connectivity index (χ0n) is 16.5. The van der Waals surface area contributed by atoms with Gasteiger partial charge in [0.1, 0.15) is 0 Å². The van der Waals surface area contributed by atoms with Crippen molar-refractivity contribution in [1.82, 2.24) is 9.78 Å². The molecule has 1 atom stereocenters. The van der Waals surface area contributed by atoms with Crippen molar-refractivity contribution >= 4 is 17.7 Å². The van der Waals surface area contributed by atoms with Crippen molar-refractivity contribution in [2.45, 2.75) is 37.3 Å². The van der Waals surface area contributed by atoms with Gasteiger partial charge >= 0.3 is 12.1 Å². The van der Waals surface area contributed by atoms with E-state index in [1.807, 2.05) is 31.3 Å². The summed E-state index contributed by atoms with van der Waals surface area (Å²) < 4.78 is 39.9. The number of hydrogen-bond acceptors (Lipinski definition) is 3. The molecule has 1 aromatic heterocycles. The Morgan fingerprint density at radius 1 is 1.20 bits per heavy atom. The van der Waals surface area contributed by atoms with Gasteiger partial charge in [0, 0.05) is 16.8 Å². The lowest BCUT2D eigenvalue weighted by molar-refractivity contribution is -0.138. The molecule has 0 radical (unpaired) electrons. The zero-order valence-corrected chi connectivity index (χ0v) is 17.3. The number of thioether (sulfide) groups is 1. The molecule has 0 fully saturated rings. The topological polar surface area (TPSA) is 55.1 Å². The minimum absolute atomic E-state index is 0.0110. The first kappa shape index (κ1) is 22.0. The quantitative estimate of drug-likeness (QED) is 0.483. The molecule has 0 amide bonds. The Morgan fingerprint density at radius 2 is 1.90 bits per heavy atom. The molecule has 0 spiro atoms. The molecule has 0 saturated heterocycles. The summed E-state index contributed by atoms with van der Waals surface area (Å²) in [5, 5.41) is 13.4. The number of alkyl halides is 3. The van der Waals surface area contributed by atoms with Gasteiger partial charge in [-0.05, 0) is 60.4 Å². The molecule has 1 heterocycles. The normalized spacial score (nSPS) is 12.7. The molecule has 3 aromatic rings. The predicted octanol–water partition coefficient (Wildman–Crippen LogP) is 5.72. The smallest absolute Gasteiger partial charge is 0.416 e.